The molecule has 3 aliphatic rings. The summed E-state index contributed by atoms with van der Waals surface area (Å²) in [6.07, 6.45) is 6.28. The summed E-state index contributed by atoms with van der Waals surface area (Å²) in [6, 6.07) is 4.19. The predicted octanol–water partition coefficient (Wildman–Crippen LogP) is 5.43. The Hall–Kier alpha value is -2.23. The highest BCUT2D eigenvalue weighted by atomic mass is 35.5. The average molecular weight is 564 g/mol. The lowest BCUT2D eigenvalue weighted by atomic mass is 9.80. The molecule has 7 nitrogen and oxygen atoms in total. The number of carbonyl (C=O) groups excluding carboxylic acids is 1. The molecule has 1 atom stereocenters. The summed E-state index contributed by atoms with van der Waals surface area (Å²) >= 11 is 8.06. The number of nitrogens with one attached hydrogen (secondary N) is 3. The minimum Gasteiger partial charge on any atom is -0.448 e. The maximum absolute atomic E-state index is 13.2. The van der Waals surface area contributed by atoms with Gasteiger partial charge in [-0.15, -0.1) is 11.8 Å². The maximum Gasteiger partial charge on any atom is 0.254 e. The number of H-pyrrole nitrogens is 1. The quantitative estimate of drug-likeness (QED) is 0.389. The zero-order valence-electron chi connectivity index (χ0n) is 22.2. The van der Waals surface area contributed by atoms with Crippen LogP contribution in [0.25, 0.3) is 0 Å². The number of aromatic amines is 1. The molecule has 5 rings (SSSR count). The van der Waals surface area contributed by atoms with E-state index in [-0.39, 0.29) is 23.9 Å². The van der Waals surface area contributed by atoms with Crippen LogP contribution in [0.5, 0.6) is 11.5 Å². The number of fused-ring (bicyclic) bond motifs is 1. The lowest BCUT2D eigenvalue weighted by molar-refractivity contribution is -0.121. The Balaban J connectivity index is 1.26. The highest BCUT2D eigenvalue weighted by molar-refractivity contribution is 7.98. The van der Waals surface area contributed by atoms with Crippen LogP contribution in [0, 0.1) is 19.8 Å². The molecule has 10 heteroatoms. The summed E-state index contributed by atoms with van der Waals surface area (Å²) in [5.74, 6) is -0.0955. The van der Waals surface area contributed by atoms with Crippen LogP contribution in [0.1, 0.15) is 72.6 Å². The standard InChI is InChI=1S/C28H35ClFN3O4S/c1-14-9-23(38-4)21(27(35)32-14)13-31-26(34)20-12-22(29)25-24(15(20)2)36-28(3,37-25)16-5-7-18(8-6-16)33-19-10-17(30)11-19/h9,12,16-19,33H,5-8,10-11,13H2,1-4H3,(H,31,34)(H,32,35). The van der Waals surface area contributed by atoms with Crippen molar-refractivity contribution in [2.24, 2.45) is 5.92 Å². The number of hydrogen-bond donors (Lipinski definition) is 3. The van der Waals surface area contributed by atoms with Gasteiger partial charge in [0, 0.05) is 58.7 Å². The Bertz CT molecular complexity index is 1290. The Morgan fingerprint density at radius 2 is 1.84 bits per heavy atom. The zero-order chi connectivity index (χ0) is 27.2. The fourth-order valence-electron chi connectivity index (χ4n) is 5.85. The van der Waals surface area contributed by atoms with E-state index in [2.05, 4.69) is 15.6 Å². The molecule has 2 aromatic rings. The van der Waals surface area contributed by atoms with Crippen LogP contribution in [0.15, 0.2) is 21.8 Å². The van der Waals surface area contributed by atoms with Gasteiger partial charge in [-0.05, 0) is 70.8 Å². The van der Waals surface area contributed by atoms with E-state index in [1.165, 1.54) is 11.8 Å². The molecule has 0 bridgehead atoms. The summed E-state index contributed by atoms with van der Waals surface area (Å²) in [6.45, 7) is 5.68. The molecule has 3 N–H and O–H groups in total. The molecular formula is C28H35ClFN3O4S. The second-order valence-corrected chi connectivity index (χ2v) is 12.2. The number of halogens is 2. The molecule has 1 aliphatic heterocycles. The molecule has 2 fully saturated rings. The Kier molecular flexibility index (Phi) is 7.73. The summed E-state index contributed by atoms with van der Waals surface area (Å²) in [7, 11) is 0. The van der Waals surface area contributed by atoms with Gasteiger partial charge in [0.15, 0.2) is 11.5 Å². The van der Waals surface area contributed by atoms with Crippen LogP contribution in [0.2, 0.25) is 5.02 Å². The third-order valence-corrected chi connectivity index (χ3v) is 9.27. The number of aromatic nitrogens is 1. The van der Waals surface area contributed by atoms with Gasteiger partial charge in [-0.2, -0.15) is 0 Å². The number of amides is 1. The van der Waals surface area contributed by atoms with E-state index in [1.807, 2.05) is 33.1 Å². The minimum absolute atomic E-state index is 0.0952. The fraction of sp³-hybridized carbons (Fsp3) is 0.571. The van der Waals surface area contributed by atoms with Crippen molar-refractivity contribution in [1.82, 2.24) is 15.6 Å². The molecule has 0 saturated heterocycles. The van der Waals surface area contributed by atoms with Crippen molar-refractivity contribution in [3.63, 3.8) is 0 Å². The SMILES string of the molecule is CSc1cc(C)[nH]c(=O)c1CNC(=O)c1cc(Cl)c2c(c1C)OC(C)(C1CCC(NC3CC(F)C3)CC1)O2. The van der Waals surface area contributed by atoms with Crippen molar-refractivity contribution in [2.75, 3.05) is 6.26 Å². The van der Waals surface area contributed by atoms with E-state index in [4.69, 9.17) is 21.1 Å². The summed E-state index contributed by atoms with van der Waals surface area (Å²) in [5, 5.41) is 6.78. The predicted molar refractivity (Wildman–Crippen MR) is 147 cm³/mol. The number of aryl methyl sites for hydroxylation is 1. The minimum atomic E-state index is -0.875. The van der Waals surface area contributed by atoms with E-state index in [1.54, 1.807) is 6.07 Å². The van der Waals surface area contributed by atoms with Crippen LogP contribution >= 0.6 is 23.4 Å². The summed E-state index contributed by atoms with van der Waals surface area (Å²) < 4.78 is 25.9. The lowest BCUT2D eigenvalue weighted by Gasteiger charge is -2.40. The first-order valence-corrected chi connectivity index (χ1v) is 14.8. The molecular weight excluding hydrogens is 529 g/mol. The van der Waals surface area contributed by atoms with Gasteiger partial charge in [0.25, 0.3) is 17.3 Å². The molecule has 2 saturated carbocycles. The van der Waals surface area contributed by atoms with E-state index < -0.39 is 12.0 Å². The van der Waals surface area contributed by atoms with E-state index >= 15 is 0 Å². The van der Waals surface area contributed by atoms with Crippen LogP contribution in [-0.2, 0) is 6.54 Å². The molecule has 38 heavy (non-hydrogen) atoms. The maximum atomic E-state index is 13.2. The monoisotopic (exact) mass is 563 g/mol. The molecule has 2 aliphatic carbocycles. The van der Waals surface area contributed by atoms with Crippen molar-refractivity contribution >= 4 is 29.3 Å². The summed E-state index contributed by atoms with van der Waals surface area (Å²) in [4.78, 5) is 29.3. The molecule has 1 unspecified atom stereocenters. The van der Waals surface area contributed by atoms with E-state index in [0.717, 1.165) is 36.3 Å². The highest BCUT2D eigenvalue weighted by Crippen LogP contribution is 2.51. The van der Waals surface area contributed by atoms with Gasteiger partial charge in [-0.3, -0.25) is 9.59 Å². The molecule has 0 radical (unpaired) electrons. The molecule has 1 aromatic heterocycles. The molecule has 0 spiro atoms. The smallest absolute Gasteiger partial charge is 0.254 e. The normalized spacial score (nSPS) is 28.2. The highest BCUT2D eigenvalue weighted by Gasteiger charge is 2.47. The fourth-order valence-corrected chi connectivity index (χ4v) is 6.79. The Labute approximate surface area is 231 Å². The average Bonchev–Trinajstić information content (AvgIpc) is 3.24. The molecule has 206 valence electrons. The third kappa shape index (κ3) is 5.29. The first-order valence-electron chi connectivity index (χ1n) is 13.2. The number of hydrogen-bond acceptors (Lipinski definition) is 6. The van der Waals surface area contributed by atoms with Gasteiger partial charge in [0.05, 0.1) is 5.02 Å². The largest absolute Gasteiger partial charge is 0.448 e. The topological polar surface area (TPSA) is 92.5 Å². The van der Waals surface area contributed by atoms with Gasteiger partial charge in [0.1, 0.15) is 6.17 Å². The van der Waals surface area contributed by atoms with Crippen LogP contribution < -0.4 is 25.7 Å². The number of carbonyl (C=O) groups is 1. The number of benzene rings is 1. The van der Waals surface area contributed by atoms with Crippen molar-refractivity contribution in [1.29, 1.82) is 0 Å². The van der Waals surface area contributed by atoms with E-state index in [9.17, 15) is 14.0 Å². The van der Waals surface area contributed by atoms with Crippen molar-refractivity contribution in [2.45, 2.75) is 94.8 Å². The first-order chi connectivity index (χ1) is 18.1. The van der Waals surface area contributed by atoms with Crippen LogP contribution in [0.4, 0.5) is 4.39 Å². The second-order valence-electron chi connectivity index (χ2n) is 10.9. The Morgan fingerprint density at radius 1 is 1.16 bits per heavy atom. The third-order valence-electron chi connectivity index (χ3n) is 8.19. The number of thioether (sulfide) groups is 1. The number of alkyl halides is 1. The van der Waals surface area contributed by atoms with Gasteiger partial charge in [-0.1, -0.05) is 11.6 Å². The number of pyridine rings is 1. The first kappa shape index (κ1) is 27.3. The van der Waals surface area contributed by atoms with Gasteiger partial charge in [0.2, 0.25) is 0 Å². The Morgan fingerprint density at radius 3 is 2.50 bits per heavy atom. The van der Waals surface area contributed by atoms with Gasteiger partial charge < -0.3 is 25.1 Å². The van der Waals surface area contributed by atoms with Crippen LogP contribution in [0.3, 0.4) is 0 Å². The number of rotatable bonds is 7. The van der Waals surface area contributed by atoms with E-state index in [0.29, 0.717) is 58.1 Å². The summed E-state index contributed by atoms with van der Waals surface area (Å²) in [5.41, 5.74) is 2.11. The number of ether oxygens (including phenoxy) is 2. The van der Waals surface area contributed by atoms with Crippen molar-refractivity contribution in [3.8, 4) is 11.5 Å². The van der Waals surface area contributed by atoms with Gasteiger partial charge >= 0.3 is 0 Å². The van der Waals surface area contributed by atoms with Crippen molar-refractivity contribution < 1.29 is 18.7 Å². The zero-order valence-corrected chi connectivity index (χ0v) is 23.8. The molecule has 1 amide bonds. The molecule has 1 aromatic carbocycles. The second kappa shape index (κ2) is 10.7. The van der Waals surface area contributed by atoms with Crippen molar-refractivity contribution in [3.05, 3.63) is 49.9 Å². The van der Waals surface area contributed by atoms with Crippen LogP contribution in [-0.4, -0.2) is 41.2 Å². The van der Waals surface area contributed by atoms with Gasteiger partial charge in [-0.25, -0.2) is 4.39 Å². The molecule has 2 heterocycles. The lowest BCUT2D eigenvalue weighted by Crippen LogP contribution is -2.51.